The van der Waals surface area contributed by atoms with Crippen LogP contribution < -0.4 is 4.74 Å². The predicted octanol–water partition coefficient (Wildman–Crippen LogP) is 6.15. The third-order valence-electron chi connectivity index (χ3n) is 2.42. The number of rotatable bonds is 3. The summed E-state index contributed by atoms with van der Waals surface area (Å²) in [6, 6.07) is 7.45. The Labute approximate surface area is 133 Å². The molecule has 1 heterocycles. The Morgan fingerprint density at radius 1 is 1.22 bits per heavy atom. The number of methoxy groups -OCH3 is 1. The van der Waals surface area contributed by atoms with E-state index >= 15 is 0 Å². The summed E-state index contributed by atoms with van der Waals surface area (Å²) in [5.74, 6) is 0.719. The van der Waals surface area contributed by atoms with Crippen molar-refractivity contribution in [3.63, 3.8) is 0 Å². The molecule has 1 aromatic heterocycles. The van der Waals surface area contributed by atoms with Crippen molar-refractivity contribution in [2.75, 3.05) is 7.11 Å². The highest BCUT2D eigenvalue weighted by atomic mass is 79.9. The lowest BCUT2D eigenvalue weighted by Gasteiger charge is -2.14. The highest BCUT2D eigenvalue weighted by Gasteiger charge is 2.20. The Hall–Kier alpha value is 0.0700. The number of hydrogen-bond donors (Lipinski definition) is 0. The standard InChI is InChI=1S/C12H8BrCl3OS/c1-17-9-3-2-6(13)4-7(9)11(15)8-5-10(14)18-12(8)16/h2-5,11H,1H3. The van der Waals surface area contributed by atoms with E-state index in [1.165, 1.54) is 11.3 Å². The van der Waals surface area contributed by atoms with Crippen LogP contribution in [0.2, 0.25) is 8.67 Å². The fraction of sp³-hybridized carbons (Fsp3) is 0.167. The Morgan fingerprint density at radius 3 is 2.50 bits per heavy atom. The van der Waals surface area contributed by atoms with E-state index in [-0.39, 0.29) is 0 Å². The van der Waals surface area contributed by atoms with Gasteiger partial charge in [-0.1, -0.05) is 39.1 Å². The molecule has 0 amide bonds. The fourth-order valence-corrected chi connectivity index (χ4v) is 3.97. The van der Waals surface area contributed by atoms with Gasteiger partial charge < -0.3 is 4.74 Å². The van der Waals surface area contributed by atoms with Crippen LogP contribution in [0.15, 0.2) is 28.7 Å². The molecule has 1 nitrogen and oxygen atoms in total. The number of halogens is 4. The van der Waals surface area contributed by atoms with Crippen molar-refractivity contribution in [1.82, 2.24) is 0 Å². The maximum absolute atomic E-state index is 6.47. The molecule has 1 atom stereocenters. The zero-order chi connectivity index (χ0) is 13.3. The number of ether oxygens (including phenoxy) is 1. The Kier molecular flexibility index (Phi) is 4.84. The average molecular weight is 387 g/mol. The first-order valence-corrected chi connectivity index (χ1v) is 7.75. The number of thiophene rings is 1. The molecule has 1 unspecified atom stereocenters. The smallest absolute Gasteiger partial charge is 0.123 e. The molecule has 0 fully saturated rings. The summed E-state index contributed by atoms with van der Waals surface area (Å²) in [5, 5.41) is -0.395. The molecule has 2 aromatic rings. The summed E-state index contributed by atoms with van der Waals surface area (Å²) >= 11 is 23.3. The number of hydrogen-bond acceptors (Lipinski definition) is 2. The van der Waals surface area contributed by atoms with Gasteiger partial charge in [-0.05, 0) is 24.3 Å². The van der Waals surface area contributed by atoms with Crippen LogP contribution in [-0.2, 0) is 0 Å². The maximum Gasteiger partial charge on any atom is 0.123 e. The van der Waals surface area contributed by atoms with Gasteiger partial charge in [-0.25, -0.2) is 0 Å². The zero-order valence-electron chi connectivity index (χ0n) is 9.22. The molecular weight excluding hydrogens is 378 g/mol. The van der Waals surface area contributed by atoms with Gasteiger partial charge in [0.15, 0.2) is 0 Å². The zero-order valence-corrected chi connectivity index (χ0v) is 13.9. The minimum absolute atomic E-state index is 0.395. The second kappa shape index (κ2) is 6.02. The fourth-order valence-electron chi connectivity index (χ4n) is 1.60. The van der Waals surface area contributed by atoms with E-state index in [0.717, 1.165) is 21.3 Å². The highest BCUT2D eigenvalue weighted by molar-refractivity contribution is 9.10. The molecule has 0 saturated heterocycles. The van der Waals surface area contributed by atoms with Crippen molar-refractivity contribution in [3.8, 4) is 5.75 Å². The minimum atomic E-state index is -0.395. The van der Waals surface area contributed by atoms with Crippen molar-refractivity contribution in [2.24, 2.45) is 0 Å². The lowest BCUT2D eigenvalue weighted by Crippen LogP contribution is -1.97. The summed E-state index contributed by atoms with van der Waals surface area (Å²) in [7, 11) is 1.61. The first-order chi connectivity index (χ1) is 8.52. The molecule has 0 saturated carbocycles. The highest BCUT2D eigenvalue weighted by Crippen LogP contribution is 2.43. The molecule has 18 heavy (non-hydrogen) atoms. The van der Waals surface area contributed by atoms with E-state index in [2.05, 4.69) is 15.9 Å². The minimum Gasteiger partial charge on any atom is -0.496 e. The van der Waals surface area contributed by atoms with Crippen LogP contribution in [0.1, 0.15) is 16.5 Å². The first kappa shape index (κ1) is 14.5. The summed E-state index contributed by atoms with van der Waals surface area (Å²) in [4.78, 5) is 0. The Morgan fingerprint density at radius 2 is 1.94 bits per heavy atom. The SMILES string of the molecule is COc1ccc(Br)cc1C(Cl)c1cc(Cl)sc1Cl. The summed E-state index contributed by atoms with van der Waals surface area (Å²) in [5.41, 5.74) is 1.65. The number of benzene rings is 1. The third kappa shape index (κ3) is 2.97. The molecule has 0 aliphatic rings. The van der Waals surface area contributed by atoms with Gasteiger partial charge in [0.25, 0.3) is 0 Å². The van der Waals surface area contributed by atoms with E-state index < -0.39 is 5.38 Å². The quantitative estimate of drug-likeness (QED) is 0.575. The maximum atomic E-state index is 6.47. The van der Waals surface area contributed by atoms with Crippen LogP contribution in [-0.4, -0.2) is 7.11 Å². The molecule has 6 heteroatoms. The summed E-state index contributed by atoms with van der Waals surface area (Å²) in [6.45, 7) is 0. The summed E-state index contributed by atoms with van der Waals surface area (Å²) in [6.07, 6.45) is 0. The molecular formula is C12H8BrCl3OS. The van der Waals surface area contributed by atoms with E-state index in [4.69, 9.17) is 39.5 Å². The summed E-state index contributed by atoms with van der Waals surface area (Å²) < 4.78 is 7.46. The van der Waals surface area contributed by atoms with Gasteiger partial charge in [-0.15, -0.1) is 22.9 Å². The van der Waals surface area contributed by atoms with Crippen molar-refractivity contribution < 1.29 is 4.74 Å². The van der Waals surface area contributed by atoms with Crippen molar-refractivity contribution in [2.45, 2.75) is 5.38 Å². The van der Waals surface area contributed by atoms with Crippen LogP contribution in [0.5, 0.6) is 5.75 Å². The van der Waals surface area contributed by atoms with Crippen LogP contribution in [0, 0.1) is 0 Å². The molecule has 0 aliphatic carbocycles. The molecule has 96 valence electrons. The van der Waals surface area contributed by atoms with Gasteiger partial charge in [0.2, 0.25) is 0 Å². The van der Waals surface area contributed by atoms with Crippen molar-refractivity contribution >= 4 is 62.1 Å². The second-order valence-corrected chi connectivity index (χ2v) is 7.17. The van der Waals surface area contributed by atoms with Crippen LogP contribution in [0.3, 0.4) is 0 Å². The van der Waals surface area contributed by atoms with Gasteiger partial charge in [-0.2, -0.15) is 0 Å². The average Bonchev–Trinajstić information content (AvgIpc) is 2.67. The van der Waals surface area contributed by atoms with Gasteiger partial charge in [0.1, 0.15) is 5.75 Å². The molecule has 0 spiro atoms. The molecule has 0 bridgehead atoms. The molecule has 1 aromatic carbocycles. The van der Waals surface area contributed by atoms with Gasteiger partial charge in [0, 0.05) is 15.6 Å². The van der Waals surface area contributed by atoms with Crippen LogP contribution in [0.4, 0.5) is 0 Å². The topological polar surface area (TPSA) is 9.23 Å². The van der Waals surface area contributed by atoms with E-state index in [9.17, 15) is 0 Å². The van der Waals surface area contributed by atoms with Crippen molar-refractivity contribution in [1.29, 1.82) is 0 Å². The largest absolute Gasteiger partial charge is 0.496 e. The Balaban J connectivity index is 2.48. The van der Waals surface area contributed by atoms with Gasteiger partial charge >= 0.3 is 0 Å². The Bertz CT molecular complexity index is 570. The van der Waals surface area contributed by atoms with E-state index in [1.54, 1.807) is 13.2 Å². The van der Waals surface area contributed by atoms with Crippen molar-refractivity contribution in [3.05, 3.63) is 48.5 Å². The monoisotopic (exact) mass is 384 g/mol. The molecule has 0 radical (unpaired) electrons. The van der Waals surface area contributed by atoms with Gasteiger partial charge in [0.05, 0.1) is 21.2 Å². The molecule has 0 N–H and O–H groups in total. The van der Waals surface area contributed by atoms with Crippen LogP contribution >= 0.6 is 62.1 Å². The van der Waals surface area contributed by atoms with E-state index in [1.807, 2.05) is 18.2 Å². The lowest BCUT2D eigenvalue weighted by atomic mass is 10.1. The molecule has 0 aliphatic heterocycles. The normalized spacial score (nSPS) is 12.5. The first-order valence-electron chi connectivity index (χ1n) is 4.95. The number of alkyl halides is 1. The van der Waals surface area contributed by atoms with E-state index in [0.29, 0.717) is 8.67 Å². The predicted molar refractivity (Wildman–Crippen MR) is 82.7 cm³/mol. The van der Waals surface area contributed by atoms with Gasteiger partial charge in [-0.3, -0.25) is 0 Å². The lowest BCUT2D eigenvalue weighted by molar-refractivity contribution is 0.410. The third-order valence-corrected chi connectivity index (χ3v) is 4.90. The molecule has 2 rings (SSSR count). The van der Waals surface area contributed by atoms with Crippen LogP contribution in [0.25, 0.3) is 0 Å². The second-order valence-electron chi connectivity index (χ2n) is 3.53.